The quantitative estimate of drug-likeness (QED) is 0.504. The van der Waals surface area contributed by atoms with Gasteiger partial charge in [0.25, 0.3) is 0 Å². The molecule has 0 saturated carbocycles. The van der Waals surface area contributed by atoms with Gasteiger partial charge in [0.05, 0.1) is 10.9 Å². The number of hydrogen-bond acceptors (Lipinski definition) is 5. The summed E-state index contributed by atoms with van der Waals surface area (Å²) in [5, 5.41) is 3.90. The maximum atomic E-state index is 5.98. The molecule has 0 spiro atoms. The molecule has 4 aromatic rings. The van der Waals surface area contributed by atoms with E-state index in [9.17, 15) is 0 Å². The first-order valence-electron chi connectivity index (χ1n) is 6.23. The number of aromatic nitrogens is 3. The van der Waals surface area contributed by atoms with Crippen molar-refractivity contribution >= 4 is 44.1 Å². The van der Waals surface area contributed by atoms with E-state index in [-0.39, 0.29) is 5.28 Å². The Kier molecular flexibility index (Phi) is 2.94. The third kappa shape index (κ3) is 2.20. The SMILES string of the molecule is Clc1nc(Oc2cccc3ncccc23)c2ccsc2n1. The van der Waals surface area contributed by atoms with Crippen LogP contribution < -0.4 is 4.74 Å². The van der Waals surface area contributed by atoms with Crippen molar-refractivity contribution in [2.24, 2.45) is 0 Å². The van der Waals surface area contributed by atoms with E-state index in [4.69, 9.17) is 16.3 Å². The molecule has 3 aromatic heterocycles. The molecule has 4 rings (SSSR count). The van der Waals surface area contributed by atoms with Gasteiger partial charge in [-0.1, -0.05) is 6.07 Å². The van der Waals surface area contributed by atoms with Crippen LogP contribution in [0.2, 0.25) is 5.28 Å². The molecule has 0 fully saturated rings. The van der Waals surface area contributed by atoms with Gasteiger partial charge in [0.2, 0.25) is 11.2 Å². The Bertz CT molecular complexity index is 949. The van der Waals surface area contributed by atoms with E-state index in [1.54, 1.807) is 6.20 Å². The van der Waals surface area contributed by atoms with Gasteiger partial charge < -0.3 is 4.74 Å². The number of hydrogen-bond donors (Lipinski definition) is 0. The number of thiophene rings is 1. The van der Waals surface area contributed by atoms with Gasteiger partial charge in [0.15, 0.2) is 0 Å². The molecule has 0 aliphatic carbocycles. The summed E-state index contributed by atoms with van der Waals surface area (Å²) in [7, 11) is 0. The second-order valence-corrected chi connectivity index (χ2v) is 5.60. The predicted octanol–water partition coefficient (Wildman–Crippen LogP) is 4.69. The lowest BCUT2D eigenvalue weighted by molar-refractivity contribution is 0.474. The van der Waals surface area contributed by atoms with Crippen molar-refractivity contribution in [2.45, 2.75) is 0 Å². The molecule has 102 valence electrons. The molecule has 21 heavy (non-hydrogen) atoms. The highest BCUT2D eigenvalue weighted by molar-refractivity contribution is 7.16. The Labute approximate surface area is 129 Å². The zero-order valence-electron chi connectivity index (χ0n) is 10.7. The smallest absolute Gasteiger partial charge is 0.232 e. The fourth-order valence-electron chi connectivity index (χ4n) is 2.15. The van der Waals surface area contributed by atoms with E-state index in [0.29, 0.717) is 11.6 Å². The van der Waals surface area contributed by atoms with Gasteiger partial charge in [-0.25, -0.2) is 4.98 Å². The Morgan fingerprint density at radius 2 is 1.95 bits per heavy atom. The van der Waals surface area contributed by atoms with Crippen molar-refractivity contribution in [2.75, 3.05) is 0 Å². The molecule has 0 radical (unpaired) electrons. The number of ether oxygens (including phenoxy) is 1. The van der Waals surface area contributed by atoms with E-state index in [1.807, 2.05) is 41.8 Å². The lowest BCUT2D eigenvalue weighted by Crippen LogP contribution is -1.92. The third-order valence-corrected chi connectivity index (χ3v) is 4.05. The minimum atomic E-state index is 0.179. The number of fused-ring (bicyclic) bond motifs is 2. The second kappa shape index (κ2) is 4.95. The van der Waals surface area contributed by atoms with Crippen LogP contribution in [0, 0.1) is 0 Å². The van der Waals surface area contributed by atoms with Crippen molar-refractivity contribution in [3.05, 3.63) is 53.3 Å². The summed E-state index contributed by atoms with van der Waals surface area (Å²) in [5.74, 6) is 1.16. The van der Waals surface area contributed by atoms with E-state index in [0.717, 1.165) is 21.1 Å². The molecule has 4 nitrogen and oxygen atoms in total. The van der Waals surface area contributed by atoms with E-state index in [1.165, 1.54) is 11.3 Å². The largest absolute Gasteiger partial charge is 0.437 e. The van der Waals surface area contributed by atoms with Gasteiger partial charge in [-0.05, 0) is 47.3 Å². The first-order valence-corrected chi connectivity index (χ1v) is 7.49. The van der Waals surface area contributed by atoms with Crippen LogP contribution in [-0.4, -0.2) is 15.0 Å². The first kappa shape index (κ1) is 12.5. The van der Waals surface area contributed by atoms with Gasteiger partial charge in [-0.3, -0.25) is 4.98 Å². The van der Waals surface area contributed by atoms with Crippen LogP contribution in [0.3, 0.4) is 0 Å². The van der Waals surface area contributed by atoms with Gasteiger partial charge in [-0.15, -0.1) is 11.3 Å². The summed E-state index contributed by atoms with van der Waals surface area (Å²) in [6, 6.07) is 11.5. The summed E-state index contributed by atoms with van der Waals surface area (Å²) in [4.78, 5) is 13.5. The van der Waals surface area contributed by atoms with Gasteiger partial charge in [0.1, 0.15) is 10.6 Å². The van der Waals surface area contributed by atoms with Crippen LogP contribution in [0.1, 0.15) is 0 Å². The number of benzene rings is 1. The van der Waals surface area contributed by atoms with Gasteiger partial charge in [0, 0.05) is 11.6 Å². The minimum Gasteiger partial charge on any atom is -0.437 e. The van der Waals surface area contributed by atoms with Crippen molar-refractivity contribution in [1.82, 2.24) is 15.0 Å². The molecule has 0 aliphatic heterocycles. The molecule has 3 heterocycles. The minimum absolute atomic E-state index is 0.179. The molecule has 0 unspecified atom stereocenters. The Balaban J connectivity index is 1.89. The Hall–Kier alpha value is -2.24. The molecular weight excluding hydrogens is 306 g/mol. The van der Waals surface area contributed by atoms with Crippen LogP contribution in [0.5, 0.6) is 11.6 Å². The molecule has 1 aromatic carbocycles. The second-order valence-electron chi connectivity index (χ2n) is 4.37. The molecular formula is C15H8ClN3OS. The van der Waals surface area contributed by atoms with Crippen LogP contribution >= 0.6 is 22.9 Å². The Morgan fingerprint density at radius 3 is 2.90 bits per heavy atom. The zero-order valence-corrected chi connectivity index (χ0v) is 12.2. The summed E-state index contributed by atoms with van der Waals surface area (Å²) in [6.45, 7) is 0. The summed E-state index contributed by atoms with van der Waals surface area (Å²) < 4.78 is 5.98. The monoisotopic (exact) mass is 313 g/mol. The number of rotatable bonds is 2. The van der Waals surface area contributed by atoms with Crippen LogP contribution in [-0.2, 0) is 0 Å². The number of halogens is 1. The fraction of sp³-hybridized carbons (Fsp3) is 0. The number of pyridine rings is 1. The topological polar surface area (TPSA) is 47.9 Å². The lowest BCUT2D eigenvalue weighted by atomic mass is 10.2. The van der Waals surface area contributed by atoms with E-state index in [2.05, 4.69) is 15.0 Å². The molecule has 0 bridgehead atoms. The van der Waals surface area contributed by atoms with E-state index < -0.39 is 0 Å². The number of nitrogens with zero attached hydrogens (tertiary/aromatic N) is 3. The average molecular weight is 314 g/mol. The lowest BCUT2D eigenvalue weighted by Gasteiger charge is -2.08. The third-order valence-electron chi connectivity index (χ3n) is 3.08. The molecule has 0 amide bonds. The molecule has 0 atom stereocenters. The van der Waals surface area contributed by atoms with E-state index >= 15 is 0 Å². The zero-order chi connectivity index (χ0) is 14.2. The van der Waals surface area contributed by atoms with Crippen molar-refractivity contribution in [3.63, 3.8) is 0 Å². The molecule has 6 heteroatoms. The predicted molar refractivity (Wildman–Crippen MR) is 84.2 cm³/mol. The maximum Gasteiger partial charge on any atom is 0.232 e. The van der Waals surface area contributed by atoms with Crippen LogP contribution in [0.25, 0.3) is 21.1 Å². The van der Waals surface area contributed by atoms with Crippen LogP contribution in [0.15, 0.2) is 48.0 Å². The first-order chi connectivity index (χ1) is 10.3. The normalized spacial score (nSPS) is 11.1. The highest BCUT2D eigenvalue weighted by atomic mass is 35.5. The highest BCUT2D eigenvalue weighted by Gasteiger charge is 2.11. The van der Waals surface area contributed by atoms with Crippen molar-refractivity contribution < 1.29 is 4.74 Å². The molecule has 0 saturated heterocycles. The van der Waals surface area contributed by atoms with Crippen LogP contribution in [0.4, 0.5) is 0 Å². The Morgan fingerprint density at radius 1 is 1.00 bits per heavy atom. The van der Waals surface area contributed by atoms with Gasteiger partial charge in [-0.2, -0.15) is 4.98 Å². The average Bonchev–Trinajstić information content (AvgIpc) is 2.96. The summed E-state index contributed by atoms with van der Waals surface area (Å²) in [6.07, 6.45) is 1.75. The maximum absolute atomic E-state index is 5.98. The molecule has 0 aliphatic rings. The fourth-order valence-corrected chi connectivity index (χ4v) is 3.12. The van der Waals surface area contributed by atoms with Crippen molar-refractivity contribution in [1.29, 1.82) is 0 Å². The standard InChI is InChI=1S/C15H8ClN3OS/c16-15-18-13(10-6-8-21-14(10)19-15)20-12-5-1-4-11-9(12)3-2-7-17-11/h1-8H. The van der Waals surface area contributed by atoms with Crippen molar-refractivity contribution in [3.8, 4) is 11.6 Å². The molecule has 0 N–H and O–H groups in total. The summed E-state index contributed by atoms with van der Waals surface area (Å²) >= 11 is 7.46. The highest BCUT2D eigenvalue weighted by Crippen LogP contribution is 2.34. The van der Waals surface area contributed by atoms with Gasteiger partial charge >= 0.3 is 0 Å². The summed E-state index contributed by atoms with van der Waals surface area (Å²) in [5.41, 5.74) is 0.872.